The molecule has 1 N–H and O–H groups in total. The van der Waals surface area contributed by atoms with Crippen molar-refractivity contribution in [1.29, 1.82) is 0 Å². The van der Waals surface area contributed by atoms with Gasteiger partial charge < -0.3 is 4.74 Å². The Kier molecular flexibility index (Phi) is 6.50. The Balaban J connectivity index is 1.99. The van der Waals surface area contributed by atoms with E-state index in [9.17, 15) is 13.2 Å². The molecule has 0 aliphatic rings. The normalized spacial score (nSPS) is 12.2. The zero-order valence-electron chi connectivity index (χ0n) is 16.8. The molecule has 0 heterocycles. The summed E-state index contributed by atoms with van der Waals surface area (Å²) in [4.78, 5) is 13.1. The summed E-state index contributed by atoms with van der Waals surface area (Å²) in [7, 11) is -2.35. The van der Waals surface area contributed by atoms with Gasteiger partial charge in [0.2, 0.25) is 10.0 Å². The fourth-order valence-electron chi connectivity index (χ4n) is 2.98. The van der Waals surface area contributed by atoms with Gasteiger partial charge in [-0.15, -0.1) is 0 Å². The van der Waals surface area contributed by atoms with Crippen LogP contribution >= 0.6 is 0 Å². The molecular formula is C24H23NO4S. The molecule has 3 aromatic rings. The maximum atomic E-state index is 13.0. The lowest BCUT2D eigenvalue weighted by Gasteiger charge is -2.21. The largest absolute Gasteiger partial charge is 0.497 e. The molecule has 0 aromatic heterocycles. The molecule has 0 saturated carbocycles. The summed E-state index contributed by atoms with van der Waals surface area (Å²) in [6.45, 7) is 5.81. The summed E-state index contributed by atoms with van der Waals surface area (Å²) >= 11 is 0. The van der Waals surface area contributed by atoms with Crippen LogP contribution in [0.1, 0.15) is 27.5 Å². The number of Topliss-reactive ketones (excluding diaryl/α,β-unsaturated/α-hetero) is 1. The summed E-state index contributed by atoms with van der Waals surface area (Å²) in [6, 6.07) is 21.1. The minimum atomic E-state index is -3.90. The second-order valence-electron chi connectivity index (χ2n) is 6.86. The Labute approximate surface area is 177 Å². The van der Waals surface area contributed by atoms with Gasteiger partial charge in [-0.2, -0.15) is 4.72 Å². The molecule has 0 aliphatic carbocycles. The summed E-state index contributed by atoms with van der Waals surface area (Å²) < 4.78 is 33.9. The van der Waals surface area contributed by atoms with Crippen LogP contribution in [0.5, 0.6) is 5.75 Å². The number of rotatable bonds is 8. The van der Waals surface area contributed by atoms with Crippen LogP contribution in [0.4, 0.5) is 0 Å². The van der Waals surface area contributed by atoms with Crippen molar-refractivity contribution >= 4 is 15.8 Å². The summed E-state index contributed by atoms with van der Waals surface area (Å²) in [5.41, 5.74) is 2.10. The smallest absolute Gasteiger partial charge is 0.241 e. The molecule has 0 saturated heterocycles. The van der Waals surface area contributed by atoms with E-state index in [4.69, 9.17) is 4.74 Å². The van der Waals surface area contributed by atoms with Gasteiger partial charge >= 0.3 is 0 Å². The van der Waals surface area contributed by atoms with E-state index in [0.29, 0.717) is 16.9 Å². The summed E-state index contributed by atoms with van der Waals surface area (Å²) in [5.74, 6) is 0.293. The molecule has 0 fully saturated rings. The van der Waals surface area contributed by atoms with Gasteiger partial charge in [0.1, 0.15) is 5.75 Å². The lowest BCUT2D eigenvalue weighted by Crippen LogP contribution is -2.31. The Morgan fingerprint density at radius 1 is 0.933 bits per heavy atom. The highest BCUT2D eigenvalue weighted by molar-refractivity contribution is 7.89. The molecule has 3 rings (SSSR count). The number of aryl methyl sites for hydroxylation is 1. The van der Waals surface area contributed by atoms with Gasteiger partial charge in [-0.25, -0.2) is 8.42 Å². The van der Waals surface area contributed by atoms with Gasteiger partial charge in [0.25, 0.3) is 0 Å². The number of hydrogen-bond donors (Lipinski definition) is 1. The maximum absolute atomic E-state index is 13.0. The predicted octanol–water partition coefficient (Wildman–Crippen LogP) is 4.46. The van der Waals surface area contributed by atoms with Crippen LogP contribution in [0.3, 0.4) is 0 Å². The quantitative estimate of drug-likeness (QED) is 0.430. The minimum absolute atomic E-state index is 0.117. The van der Waals surface area contributed by atoms with E-state index < -0.39 is 16.1 Å². The zero-order chi connectivity index (χ0) is 21.7. The number of methoxy groups -OCH3 is 1. The fraction of sp³-hybridized carbons (Fsp3) is 0.125. The molecule has 6 heteroatoms. The molecule has 0 amide bonds. The highest BCUT2D eigenvalue weighted by Gasteiger charge is 2.27. The van der Waals surface area contributed by atoms with E-state index >= 15 is 0 Å². The Bertz CT molecular complexity index is 1140. The molecule has 0 spiro atoms. The molecule has 3 aromatic carbocycles. The first kappa shape index (κ1) is 21.5. The Morgan fingerprint density at radius 2 is 1.53 bits per heavy atom. The Hall–Kier alpha value is -3.22. The zero-order valence-corrected chi connectivity index (χ0v) is 17.6. The van der Waals surface area contributed by atoms with Gasteiger partial charge in [0, 0.05) is 11.1 Å². The van der Waals surface area contributed by atoms with Crippen molar-refractivity contribution in [2.75, 3.05) is 7.11 Å². The van der Waals surface area contributed by atoms with Crippen LogP contribution in [0.15, 0.2) is 95.9 Å². The predicted molar refractivity (Wildman–Crippen MR) is 117 cm³/mol. The van der Waals surface area contributed by atoms with Crippen molar-refractivity contribution in [2.24, 2.45) is 0 Å². The van der Waals surface area contributed by atoms with Crippen LogP contribution in [-0.2, 0) is 10.0 Å². The average molecular weight is 422 g/mol. The minimum Gasteiger partial charge on any atom is -0.497 e. The third kappa shape index (κ3) is 4.84. The number of carbonyl (C=O) groups is 1. The van der Waals surface area contributed by atoms with Crippen LogP contribution in [0, 0.1) is 6.92 Å². The standard InChI is InChI=1S/C24H23NO4S/c1-17-9-15-22(16-10-17)30(27,28)25-23(19-11-13-21(29-3)14-12-19)18(2)24(26)20-7-5-4-6-8-20/h4-16,23,25H,2H2,1,3H3. The van der Waals surface area contributed by atoms with E-state index in [0.717, 1.165) is 5.56 Å². The summed E-state index contributed by atoms with van der Waals surface area (Å²) in [5, 5.41) is 0. The van der Waals surface area contributed by atoms with Crippen molar-refractivity contribution in [3.8, 4) is 5.75 Å². The first-order chi connectivity index (χ1) is 14.3. The second kappa shape index (κ2) is 9.07. The van der Waals surface area contributed by atoms with E-state index in [1.54, 1.807) is 73.8 Å². The maximum Gasteiger partial charge on any atom is 0.241 e. The highest BCUT2D eigenvalue weighted by Crippen LogP contribution is 2.27. The van der Waals surface area contributed by atoms with Crippen LogP contribution in [-0.4, -0.2) is 21.3 Å². The van der Waals surface area contributed by atoms with Crippen LogP contribution < -0.4 is 9.46 Å². The Morgan fingerprint density at radius 3 is 2.10 bits per heavy atom. The molecule has 154 valence electrons. The van der Waals surface area contributed by atoms with E-state index in [2.05, 4.69) is 11.3 Å². The van der Waals surface area contributed by atoms with E-state index in [-0.39, 0.29) is 16.3 Å². The molecule has 0 radical (unpaired) electrons. The van der Waals surface area contributed by atoms with Crippen molar-refractivity contribution in [3.63, 3.8) is 0 Å². The fourth-order valence-corrected chi connectivity index (χ4v) is 4.20. The number of benzene rings is 3. The van der Waals surface area contributed by atoms with Gasteiger partial charge in [0.05, 0.1) is 18.0 Å². The van der Waals surface area contributed by atoms with E-state index in [1.807, 2.05) is 6.92 Å². The third-order valence-electron chi connectivity index (χ3n) is 4.73. The van der Waals surface area contributed by atoms with Crippen LogP contribution in [0.2, 0.25) is 0 Å². The number of sulfonamides is 1. The number of carbonyl (C=O) groups excluding carboxylic acids is 1. The first-order valence-corrected chi connectivity index (χ1v) is 10.8. The number of ether oxygens (including phenoxy) is 1. The van der Waals surface area contributed by atoms with Gasteiger partial charge in [-0.1, -0.05) is 66.7 Å². The molecule has 0 bridgehead atoms. The molecule has 1 atom stereocenters. The van der Waals surface area contributed by atoms with Crippen LogP contribution in [0.25, 0.3) is 0 Å². The molecular weight excluding hydrogens is 398 g/mol. The van der Waals surface area contributed by atoms with E-state index in [1.165, 1.54) is 12.1 Å². The van der Waals surface area contributed by atoms with Gasteiger partial charge in [-0.05, 0) is 36.8 Å². The highest BCUT2D eigenvalue weighted by atomic mass is 32.2. The molecule has 0 aliphatic heterocycles. The van der Waals surface area contributed by atoms with Gasteiger partial charge in [-0.3, -0.25) is 4.79 Å². The average Bonchev–Trinajstić information content (AvgIpc) is 2.77. The lowest BCUT2D eigenvalue weighted by molar-refractivity contribution is 0.102. The van der Waals surface area contributed by atoms with Crippen molar-refractivity contribution in [3.05, 3.63) is 108 Å². The summed E-state index contributed by atoms with van der Waals surface area (Å²) in [6.07, 6.45) is 0. The monoisotopic (exact) mass is 421 g/mol. The topological polar surface area (TPSA) is 72.5 Å². The molecule has 5 nitrogen and oxygen atoms in total. The lowest BCUT2D eigenvalue weighted by atomic mass is 9.94. The number of ketones is 1. The second-order valence-corrected chi connectivity index (χ2v) is 8.57. The molecule has 1 unspecified atom stereocenters. The van der Waals surface area contributed by atoms with Crippen molar-refractivity contribution in [1.82, 2.24) is 4.72 Å². The third-order valence-corrected chi connectivity index (χ3v) is 6.17. The molecule has 30 heavy (non-hydrogen) atoms. The SMILES string of the molecule is C=C(C(=O)c1ccccc1)C(NS(=O)(=O)c1ccc(C)cc1)c1ccc(OC)cc1. The first-order valence-electron chi connectivity index (χ1n) is 9.33. The van der Waals surface area contributed by atoms with Crippen molar-refractivity contribution < 1.29 is 17.9 Å². The number of nitrogens with one attached hydrogen (secondary N) is 1. The van der Waals surface area contributed by atoms with Gasteiger partial charge in [0.15, 0.2) is 5.78 Å². The number of hydrogen-bond acceptors (Lipinski definition) is 4. The van der Waals surface area contributed by atoms with Crippen molar-refractivity contribution in [2.45, 2.75) is 17.9 Å².